The summed E-state index contributed by atoms with van der Waals surface area (Å²) in [5.74, 6) is 0. The normalized spacial score (nSPS) is 15.1. The molecule has 1 atom stereocenters. The molecule has 1 unspecified atom stereocenters. The van der Waals surface area contributed by atoms with Gasteiger partial charge >= 0.3 is 0 Å². The third-order valence-corrected chi connectivity index (χ3v) is 10.0. The number of benzene rings is 7. The first-order valence-corrected chi connectivity index (χ1v) is 16.0. The molecular formula is C44H32N2. The minimum Gasteiger partial charge on any atom is -0.398 e. The molecule has 0 aliphatic heterocycles. The van der Waals surface area contributed by atoms with Crippen molar-refractivity contribution in [3.63, 3.8) is 0 Å². The van der Waals surface area contributed by atoms with Crippen molar-refractivity contribution < 1.29 is 0 Å². The van der Waals surface area contributed by atoms with Crippen LogP contribution in [0, 0.1) is 0 Å². The molecule has 9 rings (SSSR count). The fourth-order valence-corrected chi connectivity index (χ4v) is 8.01. The van der Waals surface area contributed by atoms with E-state index in [9.17, 15) is 0 Å². The van der Waals surface area contributed by atoms with Crippen LogP contribution in [0.3, 0.4) is 0 Å². The molecule has 0 aromatic heterocycles. The average Bonchev–Trinajstić information content (AvgIpc) is 3.59. The van der Waals surface area contributed by atoms with Gasteiger partial charge in [0.2, 0.25) is 0 Å². The lowest BCUT2D eigenvalue weighted by atomic mass is 9.70. The summed E-state index contributed by atoms with van der Waals surface area (Å²) in [6.07, 6.45) is 2.01. The molecule has 0 saturated carbocycles. The van der Waals surface area contributed by atoms with Gasteiger partial charge in [0, 0.05) is 5.70 Å². The maximum Gasteiger partial charge on any atom is 0.0728 e. The van der Waals surface area contributed by atoms with Crippen LogP contribution in [-0.4, -0.2) is 5.71 Å². The summed E-state index contributed by atoms with van der Waals surface area (Å²) in [5.41, 5.74) is 19.1. The first-order valence-electron chi connectivity index (χ1n) is 16.0. The van der Waals surface area contributed by atoms with E-state index >= 15 is 0 Å². The number of nitrogens with zero attached hydrogens (tertiary/aromatic N) is 1. The minimum absolute atomic E-state index is 0.101. The third-order valence-electron chi connectivity index (χ3n) is 10.0. The molecule has 46 heavy (non-hydrogen) atoms. The summed E-state index contributed by atoms with van der Waals surface area (Å²) in [6, 6.07) is 54.6. The lowest BCUT2D eigenvalue weighted by molar-refractivity contribution is 0.779. The zero-order valence-corrected chi connectivity index (χ0v) is 25.6. The van der Waals surface area contributed by atoms with Gasteiger partial charge in [0.05, 0.1) is 17.2 Å². The van der Waals surface area contributed by atoms with Crippen molar-refractivity contribution in [3.8, 4) is 11.1 Å². The highest BCUT2D eigenvalue weighted by Crippen LogP contribution is 2.62. The largest absolute Gasteiger partial charge is 0.398 e. The van der Waals surface area contributed by atoms with Crippen molar-refractivity contribution in [2.24, 2.45) is 10.7 Å². The van der Waals surface area contributed by atoms with Crippen molar-refractivity contribution in [2.45, 2.75) is 18.4 Å². The SMILES string of the molecule is CC(/N=C(\C=C(/N)c1ccccc1)c1ccccc1)c1ccc2c(c1)C1(c3ccccc3-2)c2cccc3ccc4cccc1c4c23. The molecule has 0 saturated heterocycles. The second kappa shape index (κ2) is 10.2. The third kappa shape index (κ3) is 3.74. The van der Waals surface area contributed by atoms with Crippen LogP contribution >= 0.6 is 0 Å². The Labute approximate surface area is 269 Å². The van der Waals surface area contributed by atoms with Gasteiger partial charge in [0.25, 0.3) is 0 Å². The molecule has 1 spiro atoms. The highest BCUT2D eigenvalue weighted by Gasteiger charge is 2.50. The zero-order valence-electron chi connectivity index (χ0n) is 25.6. The molecule has 2 aliphatic carbocycles. The maximum atomic E-state index is 6.64. The second-order valence-corrected chi connectivity index (χ2v) is 12.5. The number of fused-ring (bicyclic) bond motifs is 7. The van der Waals surface area contributed by atoms with Crippen LogP contribution in [0.4, 0.5) is 0 Å². The fourth-order valence-electron chi connectivity index (χ4n) is 8.01. The molecule has 2 heteroatoms. The lowest BCUT2D eigenvalue weighted by Gasteiger charge is -2.31. The van der Waals surface area contributed by atoms with Crippen LogP contribution < -0.4 is 5.73 Å². The Morgan fingerprint density at radius 2 is 1.13 bits per heavy atom. The van der Waals surface area contributed by atoms with Gasteiger partial charge in [0.15, 0.2) is 0 Å². The molecule has 218 valence electrons. The van der Waals surface area contributed by atoms with Crippen LogP contribution in [0.5, 0.6) is 0 Å². The number of nitrogens with two attached hydrogens (primary N) is 1. The Hall–Kier alpha value is -5.73. The van der Waals surface area contributed by atoms with E-state index in [4.69, 9.17) is 10.7 Å². The minimum atomic E-state index is -0.381. The van der Waals surface area contributed by atoms with Gasteiger partial charge in [0.1, 0.15) is 0 Å². The van der Waals surface area contributed by atoms with Crippen molar-refractivity contribution >= 4 is 33.0 Å². The Balaban J connectivity index is 1.25. The second-order valence-electron chi connectivity index (χ2n) is 12.5. The predicted octanol–water partition coefficient (Wildman–Crippen LogP) is 10.2. The molecule has 2 nitrogen and oxygen atoms in total. The Morgan fingerprint density at radius 1 is 0.565 bits per heavy atom. The number of allylic oxidation sites excluding steroid dienone is 1. The van der Waals surface area contributed by atoms with E-state index in [0.717, 1.165) is 16.8 Å². The Kier molecular flexibility index (Phi) is 5.88. The number of hydrogen-bond acceptors (Lipinski definition) is 2. The van der Waals surface area contributed by atoms with Gasteiger partial charge in [-0.2, -0.15) is 0 Å². The van der Waals surface area contributed by atoms with Gasteiger partial charge in [-0.05, 0) is 84.6 Å². The fraction of sp³-hybridized carbons (Fsp3) is 0.0682. The number of aliphatic imine (C=N–C) groups is 1. The van der Waals surface area contributed by atoms with Crippen molar-refractivity contribution in [1.82, 2.24) is 0 Å². The summed E-state index contributed by atoms with van der Waals surface area (Å²) >= 11 is 0. The summed E-state index contributed by atoms with van der Waals surface area (Å²) < 4.78 is 0. The molecule has 2 N–H and O–H groups in total. The molecule has 7 aromatic rings. The lowest BCUT2D eigenvalue weighted by Crippen LogP contribution is -2.26. The highest BCUT2D eigenvalue weighted by molar-refractivity contribution is 6.17. The van der Waals surface area contributed by atoms with E-state index in [0.29, 0.717) is 5.70 Å². The highest BCUT2D eigenvalue weighted by atomic mass is 14.8. The van der Waals surface area contributed by atoms with Gasteiger partial charge in [-0.15, -0.1) is 0 Å². The molecule has 0 amide bonds. The molecule has 2 aliphatic rings. The van der Waals surface area contributed by atoms with Crippen LogP contribution in [0.15, 0.2) is 163 Å². The number of rotatable bonds is 5. The molecule has 0 heterocycles. The Morgan fingerprint density at radius 3 is 1.80 bits per heavy atom. The topological polar surface area (TPSA) is 38.4 Å². The van der Waals surface area contributed by atoms with Crippen molar-refractivity contribution in [1.29, 1.82) is 0 Å². The summed E-state index contributed by atoms with van der Waals surface area (Å²) in [4.78, 5) is 5.35. The van der Waals surface area contributed by atoms with E-state index in [2.05, 4.69) is 122 Å². The van der Waals surface area contributed by atoms with Crippen LogP contribution in [0.25, 0.3) is 38.4 Å². The van der Waals surface area contributed by atoms with Gasteiger partial charge in [-0.3, -0.25) is 4.99 Å². The smallest absolute Gasteiger partial charge is 0.0728 e. The van der Waals surface area contributed by atoms with E-state index in [1.807, 2.05) is 42.5 Å². The van der Waals surface area contributed by atoms with Crippen molar-refractivity contribution in [3.05, 3.63) is 197 Å². The van der Waals surface area contributed by atoms with E-state index in [-0.39, 0.29) is 11.5 Å². The summed E-state index contributed by atoms with van der Waals surface area (Å²) in [6.45, 7) is 2.19. The van der Waals surface area contributed by atoms with Crippen LogP contribution in [0.1, 0.15) is 51.9 Å². The monoisotopic (exact) mass is 588 g/mol. The van der Waals surface area contributed by atoms with Gasteiger partial charge in [-0.1, -0.05) is 152 Å². The van der Waals surface area contributed by atoms with E-state index in [1.54, 1.807) is 0 Å². The quantitative estimate of drug-likeness (QED) is 0.158. The van der Waals surface area contributed by atoms with E-state index in [1.165, 1.54) is 60.5 Å². The van der Waals surface area contributed by atoms with Gasteiger partial charge in [-0.25, -0.2) is 0 Å². The first kappa shape index (κ1) is 26.7. The molecule has 0 fully saturated rings. The van der Waals surface area contributed by atoms with Crippen LogP contribution in [0.2, 0.25) is 0 Å². The maximum absolute atomic E-state index is 6.64. The Bertz CT molecular complexity index is 2320. The zero-order chi connectivity index (χ0) is 30.8. The molecule has 7 aromatic carbocycles. The average molecular weight is 589 g/mol. The van der Waals surface area contributed by atoms with Gasteiger partial charge < -0.3 is 5.73 Å². The van der Waals surface area contributed by atoms with Crippen molar-refractivity contribution in [2.75, 3.05) is 0 Å². The standard InChI is InChI=1S/C44H32N2/c1-28(46-41(30-14-6-3-7-15-30)27-40(45)29-12-4-2-5-13-29)33-24-25-35-34-18-8-9-19-36(34)44(39(35)26-33)37-20-10-16-31-22-23-32-17-11-21-38(44)43(32)42(31)37/h2-28H,45H2,1H3/b40-27-,46-41+. The summed E-state index contributed by atoms with van der Waals surface area (Å²) in [7, 11) is 0. The molecule has 0 radical (unpaired) electrons. The molecule has 0 bridgehead atoms. The van der Waals surface area contributed by atoms with E-state index < -0.39 is 0 Å². The summed E-state index contributed by atoms with van der Waals surface area (Å²) in [5, 5.41) is 5.35. The predicted molar refractivity (Wildman–Crippen MR) is 192 cm³/mol. The number of hydrogen-bond donors (Lipinski definition) is 1. The first-order chi connectivity index (χ1) is 22.6. The molecular weight excluding hydrogens is 556 g/mol. The van der Waals surface area contributed by atoms with Crippen LogP contribution in [-0.2, 0) is 5.41 Å².